The van der Waals surface area contributed by atoms with Crippen molar-refractivity contribution in [3.05, 3.63) is 118 Å². The molecule has 5 aromatic rings. The number of nitrogens with zero attached hydrogens (tertiary/aromatic N) is 2. The second-order valence-electron chi connectivity index (χ2n) is 11.7. The van der Waals surface area contributed by atoms with Crippen LogP contribution in [0.5, 0.6) is 0 Å². The van der Waals surface area contributed by atoms with Crippen LogP contribution in [0.1, 0.15) is 52.2 Å². The lowest BCUT2D eigenvalue weighted by molar-refractivity contribution is -0.129. The summed E-state index contributed by atoms with van der Waals surface area (Å²) in [7, 11) is 0. The highest BCUT2D eigenvalue weighted by molar-refractivity contribution is 8.00. The standard InChI is InChI=1S/C38H34N6O4S2/c1-3-33(37(48)43-38-30(20-39)29-16-17-44(23(2)45)22-34(29)50-38)49-27-13-9-12-26(19-27)41-36(47)32(42-35(46)24-10-5-4-6-11-24)18-25-21-40-31-15-8-7-14-28(25)31/h4-15,18-19,21,33,40H,3,16-17,22H2,1-2H3,(H,41,47)(H,42,46)(H,43,48)/b32-18-. The fraction of sp³-hybridized carbons (Fsp3) is 0.184. The molecule has 1 aliphatic rings. The number of anilines is 2. The molecule has 6 rings (SSSR count). The predicted molar refractivity (Wildman–Crippen MR) is 198 cm³/mol. The summed E-state index contributed by atoms with van der Waals surface area (Å²) in [6, 6.07) is 25.8. The molecule has 1 unspecified atom stereocenters. The summed E-state index contributed by atoms with van der Waals surface area (Å²) in [6.07, 6.45) is 4.51. The molecule has 0 fully saturated rings. The molecule has 10 nitrogen and oxygen atoms in total. The number of thiophene rings is 1. The highest BCUT2D eigenvalue weighted by Crippen LogP contribution is 2.38. The van der Waals surface area contributed by atoms with Crippen LogP contribution < -0.4 is 16.0 Å². The van der Waals surface area contributed by atoms with E-state index in [0.717, 1.165) is 31.8 Å². The number of aromatic nitrogens is 1. The fourth-order valence-corrected chi connectivity index (χ4v) is 7.94. The summed E-state index contributed by atoms with van der Waals surface area (Å²) < 4.78 is 0. The van der Waals surface area contributed by atoms with E-state index in [0.29, 0.717) is 47.7 Å². The Kier molecular flexibility index (Phi) is 10.5. The van der Waals surface area contributed by atoms with E-state index in [4.69, 9.17) is 0 Å². The summed E-state index contributed by atoms with van der Waals surface area (Å²) >= 11 is 2.69. The predicted octanol–water partition coefficient (Wildman–Crippen LogP) is 6.92. The monoisotopic (exact) mass is 702 g/mol. The molecule has 3 heterocycles. The van der Waals surface area contributed by atoms with Crippen molar-refractivity contribution in [1.29, 1.82) is 5.26 Å². The molecule has 2 aromatic heterocycles. The summed E-state index contributed by atoms with van der Waals surface area (Å²) in [4.78, 5) is 58.9. The van der Waals surface area contributed by atoms with Crippen molar-refractivity contribution >= 4 is 74.4 Å². The van der Waals surface area contributed by atoms with Gasteiger partial charge in [0, 0.05) is 57.2 Å². The molecule has 252 valence electrons. The Morgan fingerprint density at radius 3 is 2.58 bits per heavy atom. The molecule has 0 radical (unpaired) electrons. The number of aromatic amines is 1. The largest absolute Gasteiger partial charge is 0.361 e. The van der Waals surface area contributed by atoms with E-state index in [9.17, 15) is 24.4 Å². The second kappa shape index (κ2) is 15.3. The van der Waals surface area contributed by atoms with E-state index in [1.165, 1.54) is 30.0 Å². The van der Waals surface area contributed by atoms with E-state index in [-0.39, 0.29) is 17.5 Å². The SMILES string of the molecule is CCC(Sc1cccc(NC(=O)/C(=C/c2c[nH]c3ccccc23)NC(=O)c2ccccc2)c1)C(=O)Nc1sc2c(c1C#N)CCN(C(C)=O)C2. The third kappa shape index (κ3) is 7.64. The van der Waals surface area contributed by atoms with Crippen LogP contribution in [0.4, 0.5) is 10.7 Å². The van der Waals surface area contributed by atoms with Crippen LogP contribution in [-0.2, 0) is 27.3 Å². The van der Waals surface area contributed by atoms with Gasteiger partial charge in [0.25, 0.3) is 11.8 Å². The zero-order valence-electron chi connectivity index (χ0n) is 27.4. The lowest BCUT2D eigenvalue weighted by atomic mass is 10.0. The number of hydrogen-bond acceptors (Lipinski definition) is 7. The summed E-state index contributed by atoms with van der Waals surface area (Å²) in [5, 5.41) is 19.5. The van der Waals surface area contributed by atoms with Gasteiger partial charge in [-0.3, -0.25) is 19.2 Å². The Morgan fingerprint density at radius 2 is 1.82 bits per heavy atom. The van der Waals surface area contributed by atoms with Crippen molar-refractivity contribution in [1.82, 2.24) is 15.2 Å². The number of amides is 4. The van der Waals surface area contributed by atoms with Crippen molar-refractivity contribution in [3.8, 4) is 6.07 Å². The van der Waals surface area contributed by atoms with Gasteiger partial charge in [-0.15, -0.1) is 23.1 Å². The summed E-state index contributed by atoms with van der Waals surface area (Å²) in [5.41, 5.74) is 3.95. The van der Waals surface area contributed by atoms with Crippen molar-refractivity contribution in [2.75, 3.05) is 17.2 Å². The maximum absolute atomic E-state index is 13.7. The first-order valence-electron chi connectivity index (χ1n) is 16.1. The molecular formula is C38H34N6O4S2. The second-order valence-corrected chi connectivity index (χ2v) is 14.0. The lowest BCUT2D eigenvalue weighted by Crippen LogP contribution is -2.33. The molecule has 50 heavy (non-hydrogen) atoms. The molecule has 4 amide bonds. The van der Waals surface area contributed by atoms with Crippen LogP contribution in [0.2, 0.25) is 0 Å². The molecule has 1 aliphatic heterocycles. The Balaban J connectivity index is 1.18. The zero-order valence-corrected chi connectivity index (χ0v) is 29.0. The van der Waals surface area contributed by atoms with Gasteiger partial charge in [-0.2, -0.15) is 5.26 Å². The van der Waals surface area contributed by atoms with Crippen LogP contribution in [-0.4, -0.2) is 45.3 Å². The number of nitriles is 1. The number of H-pyrrole nitrogens is 1. The number of rotatable bonds is 10. The van der Waals surface area contributed by atoms with Crippen LogP contribution in [0, 0.1) is 11.3 Å². The third-order valence-corrected chi connectivity index (χ3v) is 10.8. The molecule has 0 bridgehead atoms. The van der Waals surface area contributed by atoms with E-state index < -0.39 is 17.1 Å². The number of thioether (sulfide) groups is 1. The number of carbonyl (C=O) groups is 4. The number of hydrogen-bond donors (Lipinski definition) is 4. The molecule has 12 heteroatoms. The number of carbonyl (C=O) groups excluding carboxylic acids is 4. The average molecular weight is 703 g/mol. The first kappa shape index (κ1) is 34.2. The van der Waals surface area contributed by atoms with Gasteiger partial charge in [0.15, 0.2) is 0 Å². The lowest BCUT2D eigenvalue weighted by Gasteiger charge is -2.25. The van der Waals surface area contributed by atoms with E-state index in [1.54, 1.807) is 59.6 Å². The molecule has 3 aromatic carbocycles. The van der Waals surface area contributed by atoms with Crippen molar-refractivity contribution < 1.29 is 19.2 Å². The van der Waals surface area contributed by atoms with Gasteiger partial charge in [-0.1, -0.05) is 49.4 Å². The molecule has 4 N–H and O–H groups in total. The first-order valence-corrected chi connectivity index (χ1v) is 17.8. The van der Waals surface area contributed by atoms with E-state index in [2.05, 4.69) is 27.0 Å². The Morgan fingerprint density at radius 1 is 1.04 bits per heavy atom. The molecule has 0 aliphatic carbocycles. The minimum absolute atomic E-state index is 0.0209. The number of fused-ring (bicyclic) bond motifs is 2. The third-order valence-electron chi connectivity index (χ3n) is 8.33. The van der Waals surface area contributed by atoms with Crippen LogP contribution in [0.3, 0.4) is 0 Å². The Bertz CT molecular complexity index is 2160. The normalized spacial score (nSPS) is 13.2. The van der Waals surface area contributed by atoms with E-state index >= 15 is 0 Å². The molecule has 0 saturated heterocycles. The molecule has 1 atom stereocenters. The molecular weight excluding hydrogens is 669 g/mol. The van der Waals surface area contributed by atoms with E-state index in [1.807, 2.05) is 43.3 Å². The zero-order chi connectivity index (χ0) is 35.2. The number of nitrogens with one attached hydrogen (secondary N) is 4. The summed E-state index contributed by atoms with van der Waals surface area (Å²) in [5.74, 6) is -1.19. The fourth-order valence-electron chi connectivity index (χ4n) is 5.71. The molecule has 0 spiro atoms. The maximum atomic E-state index is 13.7. The topological polar surface area (TPSA) is 147 Å². The Hall–Kier alpha value is -5.64. The van der Waals surface area contributed by atoms with Gasteiger partial charge in [-0.05, 0) is 60.9 Å². The Labute approximate surface area is 297 Å². The number of benzene rings is 3. The van der Waals surface area contributed by atoms with Crippen molar-refractivity contribution in [3.63, 3.8) is 0 Å². The van der Waals surface area contributed by atoms with Gasteiger partial charge >= 0.3 is 0 Å². The molecule has 0 saturated carbocycles. The summed E-state index contributed by atoms with van der Waals surface area (Å²) in [6.45, 7) is 4.41. The van der Waals surface area contributed by atoms with Crippen LogP contribution in [0.25, 0.3) is 17.0 Å². The van der Waals surface area contributed by atoms with Crippen LogP contribution >= 0.6 is 23.1 Å². The van der Waals surface area contributed by atoms with Gasteiger partial charge < -0.3 is 25.8 Å². The van der Waals surface area contributed by atoms with Gasteiger partial charge in [0.05, 0.1) is 17.4 Å². The van der Waals surface area contributed by atoms with Gasteiger partial charge in [-0.25, -0.2) is 0 Å². The van der Waals surface area contributed by atoms with Gasteiger partial charge in [0.1, 0.15) is 16.8 Å². The highest BCUT2D eigenvalue weighted by Gasteiger charge is 2.28. The first-order chi connectivity index (χ1) is 24.2. The van der Waals surface area contributed by atoms with Crippen molar-refractivity contribution in [2.45, 2.75) is 43.4 Å². The van der Waals surface area contributed by atoms with Gasteiger partial charge in [0.2, 0.25) is 11.8 Å². The van der Waals surface area contributed by atoms with Crippen LogP contribution in [0.15, 0.2) is 95.7 Å². The van der Waals surface area contributed by atoms with Crippen molar-refractivity contribution in [2.24, 2.45) is 0 Å². The average Bonchev–Trinajstić information content (AvgIpc) is 3.70. The maximum Gasteiger partial charge on any atom is 0.272 e. The highest BCUT2D eigenvalue weighted by atomic mass is 32.2. The number of para-hydroxylation sites is 1. The minimum atomic E-state index is -0.513. The minimum Gasteiger partial charge on any atom is -0.361 e. The quantitative estimate of drug-likeness (QED) is 0.0918. The smallest absolute Gasteiger partial charge is 0.272 e.